The summed E-state index contributed by atoms with van der Waals surface area (Å²) < 4.78 is 5.74. The zero-order valence-corrected chi connectivity index (χ0v) is 26.6. The molecule has 0 spiro atoms. The fourth-order valence-electron chi connectivity index (χ4n) is 9.34. The highest BCUT2D eigenvalue weighted by Gasteiger charge is 2.59. The van der Waals surface area contributed by atoms with Gasteiger partial charge in [-0.25, -0.2) is 0 Å². The van der Waals surface area contributed by atoms with Gasteiger partial charge in [0.1, 0.15) is 10.6 Å². The van der Waals surface area contributed by atoms with Crippen molar-refractivity contribution in [2.24, 2.45) is 52.3 Å². The Balaban J connectivity index is 1.44. The first-order valence-corrected chi connectivity index (χ1v) is 16.3. The average molecular weight is 584 g/mol. The van der Waals surface area contributed by atoms with Crippen molar-refractivity contribution < 1.29 is 9.53 Å². The van der Waals surface area contributed by atoms with Gasteiger partial charge in [-0.2, -0.15) is 0 Å². The topological polar surface area (TPSA) is 26.3 Å². The third kappa shape index (κ3) is 5.94. The molecule has 214 valence electrons. The van der Waals surface area contributed by atoms with Gasteiger partial charge in [0, 0.05) is 6.42 Å². The predicted octanol–water partition coefficient (Wildman–Crippen LogP) is 10.6. The van der Waals surface area contributed by atoms with Crippen molar-refractivity contribution in [3.63, 3.8) is 0 Å². The van der Waals surface area contributed by atoms with Crippen LogP contribution in [0.15, 0.2) is 33.3 Å². The molecule has 0 unspecified atom stereocenters. The number of esters is 1. The van der Waals surface area contributed by atoms with Gasteiger partial charge in [0.15, 0.2) is 0 Å². The first-order chi connectivity index (χ1) is 17.9. The van der Waals surface area contributed by atoms with Gasteiger partial charge in [0.25, 0.3) is 0 Å². The quantitative estimate of drug-likeness (QED) is 0.210. The van der Waals surface area contributed by atoms with E-state index < -0.39 is 0 Å². The molecular formula is C33H49Cl3O2. The van der Waals surface area contributed by atoms with Gasteiger partial charge >= 0.3 is 5.97 Å². The average Bonchev–Trinajstić information content (AvgIpc) is 3.21. The lowest BCUT2D eigenvalue weighted by Gasteiger charge is -2.58. The number of hydrogen-bond acceptors (Lipinski definition) is 2. The van der Waals surface area contributed by atoms with Crippen molar-refractivity contribution in [2.45, 2.75) is 112 Å². The first-order valence-electron chi connectivity index (χ1n) is 15.2. The molecule has 0 aromatic rings. The van der Waals surface area contributed by atoms with Crippen LogP contribution >= 0.6 is 34.8 Å². The van der Waals surface area contributed by atoms with Crippen LogP contribution in [0.3, 0.4) is 0 Å². The molecule has 3 saturated carbocycles. The second-order valence-electron chi connectivity index (χ2n) is 13.7. The Labute approximate surface area is 247 Å². The summed E-state index contributed by atoms with van der Waals surface area (Å²) in [7, 11) is 0. The molecule has 38 heavy (non-hydrogen) atoms. The van der Waals surface area contributed by atoms with Gasteiger partial charge in [-0.05, 0) is 104 Å². The van der Waals surface area contributed by atoms with Crippen LogP contribution in [0.1, 0.15) is 106 Å². The minimum absolute atomic E-state index is 0.0625. The molecule has 3 fully saturated rings. The molecular weight excluding hydrogens is 535 g/mol. The first kappa shape index (κ1) is 30.5. The highest BCUT2D eigenvalue weighted by atomic mass is 35.5. The molecule has 0 radical (unpaired) electrons. The molecule has 0 aliphatic heterocycles. The number of ether oxygens (including phenoxy) is 1. The standard InChI is InChI=1S/C33H49Cl3O2/c1-7-22(20(2)3)9-8-21(4)26-12-13-27-25-11-10-23-18-24(38-30(37)19-29(34)31(35)36)14-16-32(23,5)28(25)15-17-33(26,27)6/h8-10,20-22,24-28H,7,11-19H2,1-6H3/b9-8+/t21-,22-,24+,25-,26-,27-,28-,32+,33-/m1/s1. The highest BCUT2D eigenvalue weighted by molar-refractivity contribution is 6.59. The van der Waals surface area contributed by atoms with E-state index >= 15 is 0 Å². The summed E-state index contributed by atoms with van der Waals surface area (Å²) in [5.74, 6) is 4.88. The third-order valence-electron chi connectivity index (χ3n) is 11.6. The van der Waals surface area contributed by atoms with Crippen molar-refractivity contribution in [3.05, 3.63) is 33.3 Å². The second kappa shape index (κ2) is 12.2. The summed E-state index contributed by atoms with van der Waals surface area (Å²) >= 11 is 17.4. The van der Waals surface area contributed by atoms with Crippen LogP contribution in [0.25, 0.3) is 0 Å². The van der Waals surface area contributed by atoms with Gasteiger partial charge in [0.05, 0.1) is 11.5 Å². The lowest BCUT2D eigenvalue weighted by atomic mass is 9.47. The molecule has 5 heteroatoms. The Kier molecular flexibility index (Phi) is 9.80. The molecule has 4 aliphatic carbocycles. The van der Waals surface area contributed by atoms with Gasteiger partial charge in [0.2, 0.25) is 0 Å². The number of carbonyl (C=O) groups excluding carboxylic acids is 1. The number of hydrogen-bond donors (Lipinski definition) is 0. The molecule has 0 amide bonds. The molecule has 0 aromatic carbocycles. The van der Waals surface area contributed by atoms with E-state index in [1.54, 1.807) is 0 Å². The number of allylic oxidation sites excluding steroid dienone is 3. The predicted molar refractivity (Wildman–Crippen MR) is 161 cm³/mol. The third-order valence-corrected chi connectivity index (χ3v) is 12.5. The van der Waals surface area contributed by atoms with Crippen LogP contribution in [0, 0.1) is 52.3 Å². The van der Waals surface area contributed by atoms with E-state index in [2.05, 4.69) is 59.8 Å². The van der Waals surface area contributed by atoms with Crippen LogP contribution in [-0.2, 0) is 9.53 Å². The van der Waals surface area contributed by atoms with Crippen molar-refractivity contribution in [2.75, 3.05) is 0 Å². The summed E-state index contributed by atoms with van der Waals surface area (Å²) in [5, 5.41) is 0.147. The molecule has 9 atom stereocenters. The molecule has 0 N–H and O–H groups in total. The number of carbonyl (C=O) groups is 1. The highest BCUT2D eigenvalue weighted by Crippen LogP contribution is 2.67. The fraction of sp³-hybridized carbons (Fsp3) is 0.788. The molecule has 0 bridgehead atoms. The Morgan fingerprint density at radius 1 is 1.05 bits per heavy atom. The molecule has 2 nitrogen and oxygen atoms in total. The summed E-state index contributed by atoms with van der Waals surface area (Å²) in [6.07, 6.45) is 18.3. The van der Waals surface area contributed by atoms with Crippen LogP contribution in [0.4, 0.5) is 0 Å². The van der Waals surface area contributed by atoms with Crippen molar-refractivity contribution in [1.29, 1.82) is 0 Å². The normalized spacial score (nSPS) is 38.2. The van der Waals surface area contributed by atoms with Crippen LogP contribution in [0.2, 0.25) is 0 Å². The molecule has 4 rings (SSSR count). The van der Waals surface area contributed by atoms with E-state index in [1.807, 2.05) is 0 Å². The Morgan fingerprint density at radius 3 is 2.45 bits per heavy atom. The Bertz CT molecular complexity index is 963. The molecule has 0 heterocycles. The largest absolute Gasteiger partial charge is 0.462 e. The summed E-state index contributed by atoms with van der Waals surface area (Å²) in [4.78, 5) is 12.4. The summed E-state index contributed by atoms with van der Waals surface area (Å²) in [6.45, 7) is 14.7. The van der Waals surface area contributed by atoms with Crippen LogP contribution in [-0.4, -0.2) is 12.1 Å². The number of rotatable bonds is 8. The Morgan fingerprint density at radius 2 is 1.79 bits per heavy atom. The minimum atomic E-state index is -0.344. The lowest BCUT2D eigenvalue weighted by Crippen LogP contribution is -2.51. The Hall–Kier alpha value is -0.440. The van der Waals surface area contributed by atoms with E-state index in [0.717, 1.165) is 42.9 Å². The number of halogens is 3. The van der Waals surface area contributed by atoms with Crippen molar-refractivity contribution >= 4 is 40.8 Å². The minimum Gasteiger partial charge on any atom is -0.462 e. The van der Waals surface area contributed by atoms with E-state index in [-0.39, 0.29) is 33.4 Å². The van der Waals surface area contributed by atoms with E-state index in [0.29, 0.717) is 23.2 Å². The molecule has 4 aliphatic rings. The number of fused-ring (bicyclic) bond motifs is 5. The zero-order valence-electron chi connectivity index (χ0n) is 24.4. The van der Waals surface area contributed by atoms with Gasteiger partial charge < -0.3 is 4.74 Å². The van der Waals surface area contributed by atoms with Gasteiger partial charge in [-0.3, -0.25) is 4.79 Å². The summed E-state index contributed by atoms with van der Waals surface area (Å²) in [6, 6.07) is 0. The van der Waals surface area contributed by atoms with E-state index in [9.17, 15) is 4.79 Å². The monoisotopic (exact) mass is 582 g/mol. The second-order valence-corrected chi connectivity index (χ2v) is 15.2. The molecule has 0 aromatic heterocycles. The van der Waals surface area contributed by atoms with Crippen molar-refractivity contribution in [3.8, 4) is 0 Å². The molecule has 0 saturated heterocycles. The summed E-state index contributed by atoms with van der Waals surface area (Å²) in [5.41, 5.74) is 2.21. The van der Waals surface area contributed by atoms with Crippen LogP contribution < -0.4 is 0 Å². The lowest BCUT2D eigenvalue weighted by molar-refractivity contribution is -0.150. The van der Waals surface area contributed by atoms with Gasteiger partial charge in [-0.1, -0.05) is 100 Å². The zero-order chi connectivity index (χ0) is 27.8. The fourth-order valence-corrected chi connectivity index (χ4v) is 9.58. The maximum absolute atomic E-state index is 12.4. The maximum atomic E-state index is 12.4. The SMILES string of the molecule is CC[C@H](/C=C/[C@@H](C)[C@H]1CC[C@@H]2[C@H]3CC=C4C[C@@H](OC(=O)CC(Cl)=C(Cl)Cl)CC[C@]4(C)[C@@H]3CC[C@@]21C)C(C)C. The van der Waals surface area contributed by atoms with E-state index in [1.165, 1.54) is 44.1 Å². The van der Waals surface area contributed by atoms with Crippen molar-refractivity contribution in [1.82, 2.24) is 0 Å². The van der Waals surface area contributed by atoms with Gasteiger partial charge in [-0.15, -0.1) is 0 Å². The van der Waals surface area contributed by atoms with E-state index in [4.69, 9.17) is 39.5 Å². The maximum Gasteiger partial charge on any atom is 0.311 e. The smallest absolute Gasteiger partial charge is 0.311 e. The van der Waals surface area contributed by atoms with Crippen LogP contribution in [0.5, 0.6) is 0 Å².